The molecule has 0 aliphatic carbocycles. The third kappa shape index (κ3) is 3.58. The molecule has 3 heteroatoms. The summed E-state index contributed by atoms with van der Waals surface area (Å²) in [4.78, 5) is 2.55. The molecule has 0 amide bonds. The molecular formula is C14H24N2O. The summed E-state index contributed by atoms with van der Waals surface area (Å²) in [5.74, 6) is 1.89. The molecule has 2 rings (SSSR count). The predicted octanol–water partition coefficient (Wildman–Crippen LogP) is 2.66. The second-order valence-electron chi connectivity index (χ2n) is 5.29. The summed E-state index contributed by atoms with van der Waals surface area (Å²) in [7, 11) is 0. The largest absolute Gasteiger partial charge is 0.468 e. The van der Waals surface area contributed by atoms with Gasteiger partial charge in [0.05, 0.1) is 12.3 Å². The normalized spacial score (nSPS) is 19.7. The van der Waals surface area contributed by atoms with Crippen LogP contribution in [0.3, 0.4) is 0 Å². The van der Waals surface area contributed by atoms with Gasteiger partial charge < -0.3 is 9.73 Å². The SMILES string of the molecule is CC(C)CC[C@@H](c1ccco1)N1CCNCC1. The lowest BCUT2D eigenvalue weighted by Crippen LogP contribution is -2.45. The summed E-state index contributed by atoms with van der Waals surface area (Å²) in [5, 5.41) is 3.41. The van der Waals surface area contributed by atoms with Crippen LogP contribution in [0.2, 0.25) is 0 Å². The fraction of sp³-hybridized carbons (Fsp3) is 0.714. The smallest absolute Gasteiger partial charge is 0.120 e. The molecule has 1 atom stereocenters. The van der Waals surface area contributed by atoms with Crippen molar-refractivity contribution in [1.29, 1.82) is 0 Å². The van der Waals surface area contributed by atoms with E-state index in [1.54, 1.807) is 6.26 Å². The molecule has 2 heterocycles. The molecule has 1 aromatic rings. The van der Waals surface area contributed by atoms with Crippen molar-refractivity contribution in [1.82, 2.24) is 10.2 Å². The maximum absolute atomic E-state index is 5.62. The van der Waals surface area contributed by atoms with Gasteiger partial charge in [-0.25, -0.2) is 0 Å². The molecule has 1 N–H and O–H groups in total. The number of furan rings is 1. The minimum absolute atomic E-state index is 0.467. The Morgan fingerprint density at radius 3 is 2.65 bits per heavy atom. The van der Waals surface area contributed by atoms with Gasteiger partial charge in [-0.15, -0.1) is 0 Å². The van der Waals surface area contributed by atoms with Gasteiger partial charge in [0.25, 0.3) is 0 Å². The van der Waals surface area contributed by atoms with E-state index in [-0.39, 0.29) is 0 Å². The Labute approximate surface area is 104 Å². The van der Waals surface area contributed by atoms with Crippen LogP contribution < -0.4 is 5.32 Å². The van der Waals surface area contributed by atoms with Crippen LogP contribution in [-0.2, 0) is 0 Å². The van der Waals surface area contributed by atoms with Gasteiger partial charge in [0.15, 0.2) is 0 Å². The first-order valence-electron chi connectivity index (χ1n) is 6.75. The van der Waals surface area contributed by atoms with Crippen molar-refractivity contribution < 1.29 is 4.42 Å². The van der Waals surface area contributed by atoms with Crippen molar-refractivity contribution in [2.45, 2.75) is 32.7 Å². The number of rotatable bonds is 5. The van der Waals surface area contributed by atoms with Gasteiger partial charge in [-0.1, -0.05) is 13.8 Å². The van der Waals surface area contributed by atoms with E-state index in [2.05, 4.69) is 30.1 Å². The van der Waals surface area contributed by atoms with Crippen molar-refractivity contribution >= 4 is 0 Å². The van der Waals surface area contributed by atoms with Crippen LogP contribution in [-0.4, -0.2) is 31.1 Å². The molecule has 0 spiro atoms. The van der Waals surface area contributed by atoms with Crippen LogP contribution in [0.1, 0.15) is 38.5 Å². The molecule has 1 fully saturated rings. The molecule has 1 aliphatic heterocycles. The first-order chi connectivity index (χ1) is 8.27. The molecule has 3 nitrogen and oxygen atoms in total. The van der Waals surface area contributed by atoms with Gasteiger partial charge in [0.2, 0.25) is 0 Å². The minimum Gasteiger partial charge on any atom is -0.468 e. The molecule has 0 bridgehead atoms. The Morgan fingerprint density at radius 1 is 1.29 bits per heavy atom. The topological polar surface area (TPSA) is 28.4 Å². The molecule has 1 aliphatic rings. The lowest BCUT2D eigenvalue weighted by molar-refractivity contribution is 0.141. The summed E-state index contributed by atoms with van der Waals surface area (Å²) in [6.45, 7) is 9.03. The summed E-state index contributed by atoms with van der Waals surface area (Å²) in [6, 6.07) is 4.59. The van der Waals surface area contributed by atoms with Crippen LogP contribution >= 0.6 is 0 Å². The Morgan fingerprint density at radius 2 is 2.06 bits per heavy atom. The average Bonchev–Trinajstić information content (AvgIpc) is 2.84. The average molecular weight is 236 g/mol. The highest BCUT2D eigenvalue weighted by Gasteiger charge is 2.23. The molecule has 0 saturated carbocycles. The zero-order valence-electron chi connectivity index (χ0n) is 11.0. The standard InChI is InChI=1S/C14H24N2O/c1-12(2)5-6-13(14-4-3-11-17-14)16-9-7-15-8-10-16/h3-4,11-13,15H,5-10H2,1-2H3/t13-/m0/s1. The van der Waals surface area contributed by atoms with Crippen LogP contribution in [0, 0.1) is 5.92 Å². The maximum Gasteiger partial charge on any atom is 0.120 e. The highest BCUT2D eigenvalue weighted by molar-refractivity contribution is 5.05. The number of nitrogens with one attached hydrogen (secondary N) is 1. The molecule has 96 valence electrons. The lowest BCUT2D eigenvalue weighted by atomic mass is 10.00. The maximum atomic E-state index is 5.62. The zero-order valence-corrected chi connectivity index (χ0v) is 11.0. The Hall–Kier alpha value is -0.800. The van der Waals surface area contributed by atoms with Crippen molar-refractivity contribution in [3.05, 3.63) is 24.2 Å². The van der Waals surface area contributed by atoms with Crippen LogP contribution in [0.25, 0.3) is 0 Å². The molecule has 17 heavy (non-hydrogen) atoms. The van der Waals surface area contributed by atoms with Crippen molar-refractivity contribution in [3.8, 4) is 0 Å². The molecule has 0 radical (unpaired) electrons. The van der Waals surface area contributed by atoms with Crippen molar-refractivity contribution in [2.75, 3.05) is 26.2 Å². The summed E-state index contributed by atoms with van der Waals surface area (Å²) < 4.78 is 5.62. The number of piperazine rings is 1. The molecule has 0 aromatic carbocycles. The summed E-state index contributed by atoms with van der Waals surface area (Å²) in [5.41, 5.74) is 0. The fourth-order valence-corrected chi connectivity index (χ4v) is 2.47. The van der Waals surface area contributed by atoms with E-state index in [4.69, 9.17) is 4.42 Å². The van der Waals surface area contributed by atoms with Gasteiger partial charge in [-0.05, 0) is 30.9 Å². The van der Waals surface area contributed by atoms with Gasteiger partial charge in [-0.3, -0.25) is 4.90 Å². The van der Waals surface area contributed by atoms with Gasteiger partial charge in [-0.2, -0.15) is 0 Å². The fourth-order valence-electron chi connectivity index (χ4n) is 2.47. The first-order valence-corrected chi connectivity index (χ1v) is 6.75. The molecule has 0 unspecified atom stereocenters. The van der Waals surface area contributed by atoms with E-state index < -0.39 is 0 Å². The van der Waals surface area contributed by atoms with Crippen LogP contribution in [0.4, 0.5) is 0 Å². The second-order valence-corrected chi connectivity index (χ2v) is 5.29. The molecule has 1 saturated heterocycles. The van der Waals surface area contributed by atoms with Crippen LogP contribution in [0.5, 0.6) is 0 Å². The summed E-state index contributed by atoms with van der Waals surface area (Å²) >= 11 is 0. The third-order valence-electron chi connectivity index (χ3n) is 3.48. The van der Waals surface area contributed by atoms with Crippen molar-refractivity contribution in [3.63, 3.8) is 0 Å². The summed E-state index contributed by atoms with van der Waals surface area (Å²) in [6.07, 6.45) is 4.25. The Balaban J connectivity index is 2.01. The molecular weight excluding hydrogens is 212 g/mol. The predicted molar refractivity (Wildman–Crippen MR) is 70.0 cm³/mol. The monoisotopic (exact) mass is 236 g/mol. The Bertz CT molecular complexity index is 302. The molecule has 1 aromatic heterocycles. The van der Waals surface area contributed by atoms with Gasteiger partial charge in [0.1, 0.15) is 5.76 Å². The van der Waals surface area contributed by atoms with Gasteiger partial charge in [0, 0.05) is 26.2 Å². The second kappa shape index (κ2) is 6.22. The lowest BCUT2D eigenvalue weighted by Gasteiger charge is -2.34. The van der Waals surface area contributed by atoms with E-state index in [9.17, 15) is 0 Å². The third-order valence-corrected chi connectivity index (χ3v) is 3.48. The zero-order chi connectivity index (χ0) is 12.1. The van der Waals surface area contributed by atoms with Gasteiger partial charge >= 0.3 is 0 Å². The Kier molecular flexibility index (Phi) is 4.63. The van der Waals surface area contributed by atoms with E-state index in [0.717, 1.165) is 37.9 Å². The van der Waals surface area contributed by atoms with E-state index in [1.807, 2.05) is 6.07 Å². The highest BCUT2D eigenvalue weighted by atomic mass is 16.3. The van der Waals surface area contributed by atoms with E-state index >= 15 is 0 Å². The van der Waals surface area contributed by atoms with E-state index in [1.165, 1.54) is 12.8 Å². The number of nitrogens with zero attached hydrogens (tertiary/aromatic N) is 1. The minimum atomic E-state index is 0.467. The first kappa shape index (κ1) is 12.7. The van der Waals surface area contributed by atoms with Crippen LogP contribution in [0.15, 0.2) is 22.8 Å². The number of hydrogen-bond donors (Lipinski definition) is 1. The quantitative estimate of drug-likeness (QED) is 0.852. The number of hydrogen-bond acceptors (Lipinski definition) is 3. The van der Waals surface area contributed by atoms with Crippen molar-refractivity contribution in [2.24, 2.45) is 5.92 Å². The van der Waals surface area contributed by atoms with E-state index in [0.29, 0.717) is 6.04 Å². The highest BCUT2D eigenvalue weighted by Crippen LogP contribution is 2.27.